The Balaban J connectivity index is 2.05. The molecule has 1 N–H and O–H groups in total. The summed E-state index contributed by atoms with van der Waals surface area (Å²) in [6.07, 6.45) is 0. The van der Waals surface area contributed by atoms with Gasteiger partial charge in [0.15, 0.2) is 0 Å². The molecule has 3 aromatic carbocycles. The minimum Gasteiger partial charge on any atom is -0.354 e. The smallest absolute Gasteiger partial charge is 0.264 e. The quantitative estimate of drug-likeness (QED) is 0.255. The Kier molecular flexibility index (Phi) is 11.1. The summed E-state index contributed by atoms with van der Waals surface area (Å²) < 4.78 is 29.6. The van der Waals surface area contributed by atoms with Gasteiger partial charge in [0.05, 0.1) is 10.6 Å². The Hall–Kier alpha value is -2.59. The van der Waals surface area contributed by atoms with Crippen LogP contribution in [0, 0.1) is 12.8 Å². The van der Waals surface area contributed by atoms with Crippen LogP contribution < -0.4 is 9.62 Å². The number of rotatable bonds is 11. The summed E-state index contributed by atoms with van der Waals surface area (Å²) >= 11 is 15.9. The number of hydrogen-bond donors (Lipinski definition) is 1. The molecule has 7 nitrogen and oxygen atoms in total. The van der Waals surface area contributed by atoms with Gasteiger partial charge in [-0.1, -0.05) is 82.8 Å². The van der Waals surface area contributed by atoms with Crippen molar-refractivity contribution in [1.82, 2.24) is 10.2 Å². The fourth-order valence-corrected chi connectivity index (χ4v) is 6.28. The zero-order chi connectivity index (χ0) is 29.6. The molecule has 0 aliphatic heterocycles. The lowest BCUT2D eigenvalue weighted by Crippen LogP contribution is -2.51. The molecular weight excluding hydrogens is 637 g/mol. The van der Waals surface area contributed by atoms with Crippen LogP contribution in [-0.2, 0) is 26.2 Å². The first kappa shape index (κ1) is 31.9. The molecule has 0 radical (unpaired) electrons. The summed E-state index contributed by atoms with van der Waals surface area (Å²) in [5.41, 5.74) is 1.78. The molecule has 3 rings (SSSR count). The van der Waals surface area contributed by atoms with E-state index in [1.54, 1.807) is 19.1 Å². The number of sulfonamides is 1. The van der Waals surface area contributed by atoms with E-state index in [1.807, 2.05) is 45.0 Å². The topological polar surface area (TPSA) is 86.8 Å². The van der Waals surface area contributed by atoms with Crippen LogP contribution >= 0.6 is 39.1 Å². The molecule has 0 spiro atoms. The fraction of sp³-hybridized carbons (Fsp3) is 0.310. The van der Waals surface area contributed by atoms with E-state index >= 15 is 0 Å². The van der Waals surface area contributed by atoms with Gasteiger partial charge in [-0.25, -0.2) is 8.42 Å². The molecule has 3 aromatic rings. The number of anilines is 1. The van der Waals surface area contributed by atoms with Gasteiger partial charge in [-0.2, -0.15) is 0 Å². The maximum atomic E-state index is 14.0. The highest BCUT2D eigenvalue weighted by atomic mass is 79.9. The van der Waals surface area contributed by atoms with E-state index in [-0.39, 0.29) is 39.0 Å². The lowest BCUT2D eigenvalue weighted by atomic mass is 10.1. The largest absolute Gasteiger partial charge is 0.354 e. The van der Waals surface area contributed by atoms with Crippen molar-refractivity contribution in [2.75, 3.05) is 17.4 Å². The number of nitrogens with one attached hydrogen (secondary N) is 1. The van der Waals surface area contributed by atoms with E-state index in [4.69, 9.17) is 23.2 Å². The van der Waals surface area contributed by atoms with Gasteiger partial charge in [-0.15, -0.1) is 0 Å². The van der Waals surface area contributed by atoms with Crippen molar-refractivity contribution >= 4 is 66.7 Å². The molecular formula is C29H32BrCl2N3O4S. The van der Waals surface area contributed by atoms with Gasteiger partial charge in [0.2, 0.25) is 11.8 Å². The van der Waals surface area contributed by atoms with Gasteiger partial charge in [0, 0.05) is 27.6 Å². The minimum atomic E-state index is -4.22. The number of halogens is 3. The van der Waals surface area contributed by atoms with Crippen LogP contribution in [-0.4, -0.2) is 44.3 Å². The lowest BCUT2D eigenvalue weighted by Gasteiger charge is -2.32. The van der Waals surface area contributed by atoms with E-state index in [1.165, 1.54) is 35.2 Å². The monoisotopic (exact) mass is 667 g/mol. The van der Waals surface area contributed by atoms with Crippen molar-refractivity contribution in [3.05, 3.63) is 92.4 Å². The second-order valence-electron chi connectivity index (χ2n) is 9.92. The molecule has 0 aliphatic rings. The van der Waals surface area contributed by atoms with Crippen LogP contribution in [0.4, 0.5) is 5.69 Å². The van der Waals surface area contributed by atoms with Crippen molar-refractivity contribution in [3.8, 4) is 0 Å². The number of carbonyl (C=O) groups excluding carboxylic acids is 2. The van der Waals surface area contributed by atoms with Gasteiger partial charge in [-0.3, -0.25) is 13.9 Å². The third kappa shape index (κ3) is 8.46. The van der Waals surface area contributed by atoms with Crippen molar-refractivity contribution in [3.63, 3.8) is 0 Å². The summed E-state index contributed by atoms with van der Waals surface area (Å²) in [7, 11) is -4.22. The summed E-state index contributed by atoms with van der Waals surface area (Å²) in [5, 5.41) is 3.30. The SMILES string of the molecule is Cc1ccc(S(=O)(=O)N(CC(=O)N(Cc2cccc(Br)c2)[C@@H](C)C(=O)NCC(C)C)c2cc(Cl)cc(Cl)c2)cc1. The average Bonchev–Trinajstić information content (AvgIpc) is 2.88. The summed E-state index contributed by atoms with van der Waals surface area (Å²) in [6.45, 7) is 7.36. The predicted octanol–water partition coefficient (Wildman–Crippen LogP) is 6.45. The molecule has 0 bridgehead atoms. The number of amides is 2. The zero-order valence-corrected chi connectivity index (χ0v) is 26.6. The molecule has 2 amide bonds. The molecule has 0 saturated carbocycles. The van der Waals surface area contributed by atoms with Gasteiger partial charge in [0.25, 0.3) is 10.0 Å². The van der Waals surface area contributed by atoms with Crippen LogP contribution in [0.2, 0.25) is 10.0 Å². The van der Waals surface area contributed by atoms with Crippen molar-refractivity contribution in [2.45, 2.75) is 45.2 Å². The fourth-order valence-electron chi connectivity index (χ4n) is 3.92. The predicted molar refractivity (Wildman–Crippen MR) is 164 cm³/mol. The number of benzene rings is 3. The van der Waals surface area contributed by atoms with E-state index in [9.17, 15) is 18.0 Å². The first-order valence-electron chi connectivity index (χ1n) is 12.6. The number of nitrogens with zero attached hydrogens (tertiary/aromatic N) is 2. The van der Waals surface area contributed by atoms with Crippen LogP contribution in [0.25, 0.3) is 0 Å². The van der Waals surface area contributed by atoms with Crippen LogP contribution in [0.1, 0.15) is 31.9 Å². The Morgan fingerprint density at radius 3 is 2.15 bits per heavy atom. The van der Waals surface area contributed by atoms with Crippen molar-refractivity contribution in [1.29, 1.82) is 0 Å². The third-order valence-electron chi connectivity index (χ3n) is 6.12. The zero-order valence-electron chi connectivity index (χ0n) is 22.7. The number of carbonyl (C=O) groups is 2. The first-order chi connectivity index (χ1) is 18.8. The number of hydrogen-bond acceptors (Lipinski definition) is 4. The summed E-state index contributed by atoms with van der Waals surface area (Å²) in [4.78, 5) is 28.4. The molecule has 0 unspecified atom stereocenters. The maximum Gasteiger partial charge on any atom is 0.264 e. The molecule has 0 saturated heterocycles. The van der Waals surface area contributed by atoms with E-state index < -0.39 is 28.5 Å². The van der Waals surface area contributed by atoms with E-state index in [0.717, 1.165) is 19.9 Å². The van der Waals surface area contributed by atoms with E-state index in [2.05, 4.69) is 21.2 Å². The standard InChI is InChI=1S/C29H32BrCl2N3O4S/c1-19(2)16-33-29(37)21(4)34(17-22-6-5-7-23(30)12-22)28(36)18-35(26-14-24(31)13-25(32)15-26)40(38,39)27-10-8-20(3)9-11-27/h5-15,19,21H,16-18H2,1-4H3,(H,33,37)/t21-/m0/s1. The summed E-state index contributed by atoms with van der Waals surface area (Å²) in [6, 6.07) is 17.2. The minimum absolute atomic E-state index is 0.00302. The van der Waals surface area contributed by atoms with Crippen LogP contribution in [0.15, 0.2) is 76.1 Å². The van der Waals surface area contributed by atoms with Gasteiger partial charge in [-0.05, 0) is 67.8 Å². The Morgan fingerprint density at radius 2 is 1.57 bits per heavy atom. The first-order valence-corrected chi connectivity index (χ1v) is 15.6. The Bertz CT molecular complexity index is 1450. The second-order valence-corrected chi connectivity index (χ2v) is 13.6. The summed E-state index contributed by atoms with van der Waals surface area (Å²) in [5.74, 6) is -0.692. The van der Waals surface area contributed by atoms with Crippen LogP contribution in [0.5, 0.6) is 0 Å². The Morgan fingerprint density at radius 1 is 0.950 bits per heavy atom. The Labute approximate surface area is 254 Å². The van der Waals surface area contributed by atoms with E-state index in [0.29, 0.717) is 6.54 Å². The molecule has 1 atom stereocenters. The number of aryl methyl sites for hydroxylation is 1. The molecule has 11 heteroatoms. The molecule has 214 valence electrons. The molecule has 40 heavy (non-hydrogen) atoms. The van der Waals surface area contributed by atoms with Crippen molar-refractivity contribution in [2.24, 2.45) is 5.92 Å². The second kappa shape index (κ2) is 13.9. The highest BCUT2D eigenvalue weighted by Crippen LogP contribution is 2.30. The van der Waals surface area contributed by atoms with Crippen molar-refractivity contribution < 1.29 is 18.0 Å². The lowest BCUT2D eigenvalue weighted by molar-refractivity contribution is -0.139. The average molecular weight is 669 g/mol. The van der Waals surface area contributed by atoms with Gasteiger partial charge < -0.3 is 10.2 Å². The van der Waals surface area contributed by atoms with Crippen LogP contribution in [0.3, 0.4) is 0 Å². The maximum absolute atomic E-state index is 14.0. The molecule has 0 aromatic heterocycles. The van der Waals surface area contributed by atoms with Gasteiger partial charge in [0.1, 0.15) is 12.6 Å². The highest BCUT2D eigenvalue weighted by Gasteiger charge is 2.33. The molecule has 0 fully saturated rings. The van der Waals surface area contributed by atoms with Gasteiger partial charge >= 0.3 is 0 Å². The molecule has 0 heterocycles. The highest BCUT2D eigenvalue weighted by molar-refractivity contribution is 9.10. The third-order valence-corrected chi connectivity index (χ3v) is 8.83. The molecule has 0 aliphatic carbocycles. The normalized spacial score (nSPS) is 12.2.